The Hall–Kier alpha value is -3.12. The minimum Gasteiger partial charge on any atom is -0.349 e. The fourth-order valence-electron chi connectivity index (χ4n) is 3.90. The summed E-state index contributed by atoms with van der Waals surface area (Å²) >= 11 is 6.35. The second kappa shape index (κ2) is 7.37. The number of nitrogens with one attached hydrogen (secondary N) is 3. The maximum atomic E-state index is 12.7. The third kappa shape index (κ3) is 3.29. The summed E-state index contributed by atoms with van der Waals surface area (Å²) in [6.45, 7) is 1.93. The minimum absolute atomic E-state index is 0.238. The predicted octanol–water partition coefficient (Wildman–Crippen LogP) is 4.16. The number of imide groups is 1. The third-order valence-corrected chi connectivity index (χ3v) is 6.03. The van der Waals surface area contributed by atoms with Crippen LogP contribution in [0.25, 0.3) is 10.9 Å². The standard InChI is InChI=1S/C22H20ClN3O3/c1-2-22(12-11-17(27)26-21(22)29)13-7-9-14(10-8-13)24-20(28)19-18(23)15-5-3-4-6-16(15)25-19/h3-10,25H,2,11-12H2,1H3,(H,24,28)(H,26,27,29). The first-order valence-electron chi connectivity index (χ1n) is 9.47. The zero-order chi connectivity index (χ0) is 20.6. The van der Waals surface area contributed by atoms with Gasteiger partial charge in [-0.25, -0.2) is 0 Å². The van der Waals surface area contributed by atoms with Gasteiger partial charge in [-0.3, -0.25) is 19.7 Å². The van der Waals surface area contributed by atoms with Crippen LogP contribution in [0.1, 0.15) is 42.2 Å². The smallest absolute Gasteiger partial charge is 0.273 e. The first-order valence-corrected chi connectivity index (χ1v) is 9.85. The number of anilines is 1. The predicted molar refractivity (Wildman–Crippen MR) is 112 cm³/mol. The van der Waals surface area contributed by atoms with Crippen LogP contribution >= 0.6 is 11.6 Å². The monoisotopic (exact) mass is 409 g/mol. The fourth-order valence-corrected chi connectivity index (χ4v) is 4.19. The van der Waals surface area contributed by atoms with Crippen molar-refractivity contribution in [2.24, 2.45) is 0 Å². The average Bonchev–Trinajstić information content (AvgIpc) is 3.06. The molecular weight excluding hydrogens is 390 g/mol. The number of hydrogen-bond donors (Lipinski definition) is 3. The van der Waals surface area contributed by atoms with Crippen LogP contribution in [0.15, 0.2) is 48.5 Å². The lowest BCUT2D eigenvalue weighted by atomic mass is 9.72. The van der Waals surface area contributed by atoms with Crippen LogP contribution in [0.2, 0.25) is 5.02 Å². The van der Waals surface area contributed by atoms with Gasteiger partial charge in [0, 0.05) is 23.0 Å². The molecule has 3 N–H and O–H groups in total. The van der Waals surface area contributed by atoms with Gasteiger partial charge in [-0.2, -0.15) is 0 Å². The van der Waals surface area contributed by atoms with E-state index in [4.69, 9.17) is 11.6 Å². The van der Waals surface area contributed by atoms with Crippen molar-refractivity contribution in [2.75, 3.05) is 5.32 Å². The second-order valence-corrected chi connectivity index (χ2v) is 7.58. The molecule has 0 saturated carbocycles. The van der Waals surface area contributed by atoms with Gasteiger partial charge >= 0.3 is 0 Å². The van der Waals surface area contributed by atoms with Crippen LogP contribution in [0, 0.1) is 0 Å². The van der Waals surface area contributed by atoms with Gasteiger partial charge in [0.25, 0.3) is 5.91 Å². The van der Waals surface area contributed by atoms with Crippen LogP contribution in [0.5, 0.6) is 0 Å². The maximum Gasteiger partial charge on any atom is 0.273 e. The number of hydrogen-bond acceptors (Lipinski definition) is 3. The third-order valence-electron chi connectivity index (χ3n) is 5.64. The van der Waals surface area contributed by atoms with Gasteiger partial charge in [-0.1, -0.05) is 48.9 Å². The normalized spacial score (nSPS) is 19.2. The Bertz CT molecular complexity index is 1120. The zero-order valence-electron chi connectivity index (χ0n) is 15.8. The Labute approximate surface area is 172 Å². The van der Waals surface area contributed by atoms with Gasteiger partial charge in [-0.15, -0.1) is 0 Å². The van der Waals surface area contributed by atoms with Gasteiger partial charge in [0.1, 0.15) is 5.69 Å². The lowest BCUT2D eigenvalue weighted by molar-refractivity contribution is -0.138. The van der Waals surface area contributed by atoms with Crippen molar-refractivity contribution in [1.29, 1.82) is 0 Å². The molecule has 1 fully saturated rings. The number of aromatic amines is 1. The number of benzene rings is 2. The molecule has 1 unspecified atom stereocenters. The molecule has 3 amide bonds. The molecule has 3 aromatic rings. The van der Waals surface area contributed by atoms with Gasteiger partial charge in [0.2, 0.25) is 11.8 Å². The summed E-state index contributed by atoms with van der Waals surface area (Å²) in [4.78, 5) is 39.7. The van der Waals surface area contributed by atoms with Crippen LogP contribution in [-0.4, -0.2) is 22.7 Å². The number of piperidine rings is 1. The van der Waals surface area contributed by atoms with E-state index >= 15 is 0 Å². The number of aromatic nitrogens is 1. The minimum atomic E-state index is -0.725. The van der Waals surface area contributed by atoms with E-state index in [1.54, 1.807) is 12.1 Å². The van der Waals surface area contributed by atoms with Crippen molar-refractivity contribution in [3.8, 4) is 0 Å². The molecular formula is C22H20ClN3O3. The van der Waals surface area contributed by atoms with E-state index in [9.17, 15) is 14.4 Å². The highest BCUT2D eigenvalue weighted by molar-refractivity contribution is 6.39. The molecule has 148 valence electrons. The summed E-state index contributed by atoms with van der Waals surface area (Å²) in [5, 5.41) is 6.44. The van der Waals surface area contributed by atoms with E-state index in [2.05, 4.69) is 15.6 Å². The summed E-state index contributed by atoms with van der Waals surface area (Å²) in [6.07, 6.45) is 1.38. The van der Waals surface area contributed by atoms with Crippen LogP contribution in [0.3, 0.4) is 0 Å². The molecule has 4 rings (SSSR count). The van der Waals surface area contributed by atoms with Crippen LogP contribution < -0.4 is 10.6 Å². The molecule has 0 spiro atoms. The van der Waals surface area contributed by atoms with Crippen molar-refractivity contribution in [2.45, 2.75) is 31.6 Å². The molecule has 0 bridgehead atoms. The fraction of sp³-hybridized carbons (Fsp3) is 0.227. The Balaban J connectivity index is 1.56. The largest absolute Gasteiger partial charge is 0.349 e. The molecule has 1 saturated heterocycles. The molecule has 29 heavy (non-hydrogen) atoms. The van der Waals surface area contributed by atoms with Crippen LogP contribution in [0.4, 0.5) is 5.69 Å². The number of para-hydroxylation sites is 1. The number of fused-ring (bicyclic) bond motifs is 1. The molecule has 0 radical (unpaired) electrons. The Morgan fingerprint density at radius 3 is 2.52 bits per heavy atom. The Morgan fingerprint density at radius 2 is 1.86 bits per heavy atom. The first kappa shape index (κ1) is 19.2. The maximum absolute atomic E-state index is 12.7. The summed E-state index contributed by atoms with van der Waals surface area (Å²) in [7, 11) is 0. The lowest BCUT2D eigenvalue weighted by Crippen LogP contribution is -2.51. The molecule has 1 aliphatic heterocycles. The van der Waals surface area contributed by atoms with E-state index in [-0.39, 0.29) is 17.7 Å². The Morgan fingerprint density at radius 1 is 1.14 bits per heavy atom. The van der Waals surface area contributed by atoms with Crippen molar-refractivity contribution in [3.63, 3.8) is 0 Å². The van der Waals surface area contributed by atoms with E-state index in [1.165, 1.54) is 0 Å². The van der Waals surface area contributed by atoms with Gasteiger partial charge < -0.3 is 10.3 Å². The average molecular weight is 410 g/mol. The van der Waals surface area contributed by atoms with Crippen LogP contribution in [-0.2, 0) is 15.0 Å². The summed E-state index contributed by atoms with van der Waals surface area (Å²) in [5.41, 5.74) is 1.78. The van der Waals surface area contributed by atoms with E-state index < -0.39 is 5.41 Å². The Kier molecular flexibility index (Phi) is 4.88. The summed E-state index contributed by atoms with van der Waals surface area (Å²) < 4.78 is 0. The van der Waals surface area contributed by atoms with Crippen molar-refractivity contribution >= 4 is 45.9 Å². The summed E-state index contributed by atoms with van der Waals surface area (Å²) in [6, 6.07) is 14.6. The quantitative estimate of drug-likeness (QED) is 0.565. The molecule has 6 nitrogen and oxygen atoms in total. The molecule has 1 aliphatic rings. The van der Waals surface area contributed by atoms with E-state index in [0.29, 0.717) is 35.7 Å². The first-order chi connectivity index (χ1) is 13.9. The number of amides is 3. The number of carbonyl (C=O) groups excluding carboxylic acids is 3. The number of carbonyl (C=O) groups is 3. The summed E-state index contributed by atoms with van der Waals surface area (Å²) in [5.74, 6) is -0.846. The lowest BCUT2D eigenvalue weighted by Gasteiger charge is -2.35. The molecule has 2 aromatic carbocycles. The number of halogens is 1. The highest BCUT2D eigenvalue weighted by Crippen LogP contribution is 2.36. The molecule has 7 heteroatoms. The number of rotatable bonds is 4. The SMILES string of the molecule is CCC1(c2ccc(NC(=O)c3[nH]c4ccccc4c3Cl)cc2)CCC(=O)NC1=O. The van der Waals surface area contributed by atoms with Crippen molar-refractivity contribution in [1.82, 2.24) is 10.3 Å². The number of H-pyrrole nitrogens is 1. The second-order valence-electron chi connectivity index (χ2n) is 7.20. The highest BCUT2D eigenvalue weighted by atomic mass is 35.5. The van der Waals surface area contributed by atoms with Gasteiger partial charge in [0.15, 0.2) is 0 Å². The molecule has 0 aliphatic carbocycles. The zero-order valence-corrected chi connectivity index (χ0v) is 16.6. The van der Waals surface area contributed by atoms with Gasteiger partial charge in [0.05, 0.1) is 10.4 Å². The van der Waals surface area contributed by atoms with E-state index in [0.717, 1.165) is 16.5 Å². The van der Waals surface area contributed by atoms with Crippen molar-refractivity contribution < 1.29 is 14.4 Å². The molecule has 1 atom stereocenters. The van der Waals surface area contributed by atoms with Crippen molar-refractivity contribution in [3.05, 3.63) is 64.8 Å². The highest BCUT2D eigenvalue weighted by Gasteiger charge is 2.42. The topological polar surface area (TPSA) is 91.1 Å². The molecule has 1 aromatic heterocycles. The molecule has 2 heterocycles. The van der Waals surface area contributed by atoms with Gasteiger partial charge in [-0.05, 0) is 36.6 Å². The van der Waals surface area contributed by atoms with E-state index in [1.807, 2.05) is 43.3 Å².